The van der Waals surface area contributed by atoms with Crippen molar-refractivity contribution in [3.8, 4) is 0 Å². The van der Waals surface area contributed by atoms with Crippen LogP contribution in [0.15, 0.2) is 84.9 Å². The third-order valence-corrected chi connectivity index (χ3v) is 7.80. The van der Waals surface area contributed by atoms with Gasteiger partial charge < -0.3 is 10.6 Å². The molecule has 0 spiro atoms. The summed E-state index contributed by atoms with van der Waals surface area (Å²) in [6, 6.07) is 28.4. The number of rotatable bonds is 8. The molecule has 2 N–H and O–H groups in total. The van der Waals surface area contributed by atoms with Gasteiger partial charge in [0.1, 0.15) is 0 Å². The first kappa shape index (κ1) is 27.8. The summed E-state index contributed by atoms with van der Waals surface area (Å²) in [6.45, 7) is 13.5. The van der Waals surface area contributed by atoms with Gasteiger partial charge in [-0.1, -0.05) is 74.5 Å². The van der Waals surface area contributed by atoms with Crippen LogP contribution in [0.1, 0.15) is 79.1 Å². The molecule has 4 rings (SSSR count). The van der Waals surface area contributed by atoms with Gasteiger partial charge in [-0.25, -0.2) is 0 Å². The Morgan fingerprint density at radius 1 is 0.538 bits per heavy atom. The van der Waals surface area contributed by atoms with Crippen LogP contribution in [-0.4, -0.2) is 11.8 Å². The average Bonchev–Trinajstić information content (AvgIpc) is 2.93. The van der Waals surface area contributed by atoms with Gasteiger partial charge in [-0.2, -0.15) is 0 Å². The van der Waals surface area contributed by atoms with Crippen LogP contribution < -0.4 is 10.6 Å². The van der Waals surface area contributed by atoms with Crippen molar-refractivity contribution in [2.24, 2.45) is 0 Å². The summed E-state index contributed by atoms with van der Waals surface area (Å²) in [4.78, 5) is 25.1. The van der Waals surface area contributed by atoms with Crippen molar-refractivity contribution < 1.29 is 9.59 Å². The maximum absolute atomic E-state index is 12.6. The van der Waals surface area contributed by atoms with E-state index in [4.69, 9.17) is 0 Å². The van der Waals surface area contributed by atoms with Gasteiger partial charge in [0, 0.05) is 29.6 Å². The molecule has 0 bridgehead atoms. The number of amides is 2. The van der Waals surface area contributed by atoms with Gasteiger partial charge in [-0.05, 0) is 96.5 Å². The number of benzene rings is 4. The van der Waals surface area contributed by atoms with E-state index in [1.165, 1.54) is 22.3 Å². The van der Waals surface area contributed by atoms with Gasteiger partial charge in [0.05, 0.1) is 0 Å². The summed E-state index contributed by atoms with van der Waals surface area (Å²) in [5, 5.41) is 6.05. The fourth-order valence-electron chi connectivity index (χ4n) is 4.58. The number of aryl methyl sites for hydroxylation is 4. The molecule has 200 valence electrons. The Hall–Kier alpha value is -4.18. The van der Waals surface area contributed by atoms with E-state index in [1.54, 1.807) is 0 Å². The van der Waals surface area contributed by atoms with Crippen molar-refractivity contribution in [1.29, 1.82) is 0 Å². The predicted octanol–water partition coefficient (Wildman–Crippen LogP) is 7.11. The summed E-state index contributed by atoms with van der Waals surface area (Å²) in [5.41, 5.74) is 10.3. The molecule has 0 radical (unpaired) electrons. The molecule has 4 aromatic carbocycles. The Bertz CT molecular complexity index is 1370. The molecule has 39 heavy (non-hydrogen) atoms. The van der Waals surface area contributed by atoms with Crippen molar-refractivity contribution in [2.45, 2.75) is 60.0 Å². The quantitative estimate of drug-likeness (QED) is 0.261. The topological polar surface area (TPSA) is 58.2 Å². The molecular weight excluding hydrogens is 480 g/mol. The SMILES string of the molecule is Cc1ccc(C(=O)NCc2ccc(C(C)(C)c3ccc(CNC(=O)c4ccc(C)c(C)c4)cc3)cc2)cc1C. The number of carbonyl (C=O) groups excluding carboxylic acids is 2. The fraction of sp³-hybridized carbons (Fsp3) is 0.257. The van der Waals surface area contributed by atoms with Crippen LogP contribution in [0.5, 0.6) is 0 Å². The first-order valence-electron chi connectivity index (χ1n) is 13.4. The third kappa shape index (κ3) is 6.64. The van der Waals surface area contributed by atoms with Crippen LogP contribution in [-0.2, 0) is 18.5 Å². The zero-order valence-corrected chi connectivity index (χ0v) is 23.8. The van der Waals surface area contributed by atoms with Crippen LogP contribution in [0.25, 0.3) is 0 Å². The van der Waals surface area contributed by atoms with Crippen LogP contribution >= 0.6 is 0 Å². The maximum atomic E-state index is 12.6. The van der Waals surface area contributed by atoms with Crippen LogP contribution in [0.4, 0.5) is 0 Å². The highest BCUT2D eigenvalue weighted by Gasteiger charge is 2.23. The summed E-state index contributed by atoms with van der Waals surface area (Å²) in [7, 11) is 0. The highest BCUT2D eigenvalue weighted by atomic mass is 16.2. The number of hydrogen-bond donors (Lipinski definition) is 2. The van der Waals surface area contributed by atoms with Crippen LogP contribution in [0.2, 0.25) is 0 Å². The van der Waals surface area contributed by atoms with E-state index >= 15 is 0 Å². The lowest BCUT2D eigenvalue weighted by Crippen LogP contribution is -2.23. The molecule has 0 saturated carbocycles. The van der Waals surface area contributed by atoms with Gasteiger partial charge in [0.2, 0.25) is 0 Å². The van der Waals surface area contributed by atoms with Crippen molar-refractivity contribution in [3.05, 3.63) is 141 Å². The van der Waals surface area contributed by atoms with Gasteiger partial charge >= 0.3 is 0 Å². The highest BCUT2D eigenvalue weighted by molar-refractivity contribution is 5.95. The average molecular weight is 519 g/mol. The van der Waals surface area contributed by atoms with Crippen molar-refractivity contribution in [1.82, 2.24) is 10.6 Å². The third-order valence-electron chi connectivity index (χ3n) is 7.80. The Morgan fingerprint density at radius 3 is 1.23 bits per heavy atom. The zero-order valence-electron chi connectivity index (χ0n) is 23.8. The molecule has 0 heterocycles. The second-order valence-electron chi connectivity index (χ2n) is 11.0. The van der Waals surface area contributed by atoms with Crippen LogP contribution in [0.3, 0.4) is 0 Å². The largest absolute Gasteiger partial charge is 0.348 e. The molecule has 0 aromatic heterocycles. The van der Waals surface area contributed by atoms with Gasteiger partial charge in [-0.3, -0.25) is 9.59 Å². The standard InChI is InChI=1S/C35H38N2O2/c1-23-7-13-29(19-25(23)3)33(38)36-21-27-9-15-31(16-10-27)35(5,6)32-17-11-28(12-18-32)22-37-34(39)30-14-8-24(2)26(4)20-30/h7-20H,21-22H2,1-6H3,(H,36,38)(H,37,39). The summed E-state index contributed by atoms with van der Waals surface area (Å²) in [5.74, 6) is -0.125. The summed E-state index contributed by atoms with van der Waals surface area (Å²) >= 11 is 0. The minimum Gasteiger partial charge on any atom is -0.348 e. The Labute approximate surface area is 232 Å². The van der Waals surface area contributed by atoms with E-state index in [9.17, 15) is 9.59 Å². The molecule has 0 unspecified atom stereocenters. The Morgan fingerprint density at radius 2 is 0.897 bits per heavy atom. The number of carbonyl (C=O) groups is 2. The smallest absolute Gasteiger partial charge is 0.251 e. The summed E-state index contributed by atoms with van der Waals surface area (Å²) < 4.78 is 0. The summed E-state index contributed by atoms with van der Waals surface area (Å²) in [6.07, 6.45) is 0. The molecule has 0 aliphatic carbocycles. The second kappa shape index (κ2) is 11.7. The molecule has 4 heteroatoms. The lowest BCUT2D eigenvalue weighted by Gasteiger charge is -2.26. The molecule has 0 atom stereocenters. The lowest BCUT2D eigenvalue weighted by molar-refractivity contribution is 0.0943. The van der Waals surface area contributed by atoms with E-state index in [-0.39, 0.29) is 17.2 Å². The first-order chi connectivity index (χ1) is 18.5. The van der Waals surface area contributed by atoms with Crippen molar-refractivity contribution in [2.75, 3.05) is 0 Å². The van der Waals surface area contributed by atoms with Gasteiger partial charge in [0.15, 0.2) is 0 Å². The first-order valence-corrected chi connectivity index (χ1v) is 13.4. The molecule has 0 fully saturated rings. The molecule has 0 aliphatic rings. The minimum absolute atomic E-state index is 0.0623. The Balaban J connectivity index is 1.35. The predicted molar refractivity (Wildman–Crippen MR) is 159 cm³/mol. The van der Waals surface area contributed by atoms with Crippen molar-refractivity contribution in [3.63, 3.8) is 0 Å². The molecule has 2 amide bonds. The zero-order chi connectivity index (χ0) is 28.2. The molecule has 4 aromatic rings. The molecule has 0 saturated heterocycles. The second-order valence-corrected chi connectivity index (χ2v) is 11.0. The van der Waals surface area contributed by atoms with E-state index in [1.807, 2.05) is 64.1 Å². The van der Waals surface area contributed by atoms with Gasteiger partial charge in [0.25, 0.3) is 11.8 Å². The molecule has 0 aliphatic heterocycles. The molecule has 4 nitrogen and oxygen atoms in total. The number of hydrogen-bond acceptors (Lipinski definition) is 2. The Kier molecular flexibility index (Phi) is 8.35. The monoisotopic (exact) mass is 518 g/mol. The van der Waals surface area contributed by atoms with Crippen molar-refractivity contribution >= 4 is 11.8 Å². The maximum Gasteiger partial charge on any atom is 0.251 e. The fourth-order valence-corrected chi connectivity index (χ4v) is 4.58. The van der Waals surface area contributed by atoms with E-state index in [0.717, 1.165) is 22.3 Å². The van der Waals surface area contributed by atoms with E-state index in [2.05, 4.69) is 73.0 Å². The molecular formula is C35H38N2O2. The van der Waals surface area contributed by atoms with E-state index < -0.39 is 0 Å². The lowest BCUT2D eigenvalue weighted by atomic mass is 9.78. The highest BCUT2D eigenvalue weighted by Crippen LogP contribution is 2.31. The van der Waals surface area contributed by atoms with Crippen LogP contribution in [0, 0.1) is 27.7 Å². The van der Waals surface area contributed by atoms with E-state index in [0.29, 0.717) is 24.2 Å². The number of nitrogens with one attached hydrogen (secondary N) is 2. The normalized spacial score (nSPS) is 11.2. The minimum atomic E-state index is -0.192. The van der Waals surface area contributed by atoms with Gasteiger partial charge in [-0.15, -0.1) is 0 Å².